The van der Waals surface area contributed by atoms with Crippen LogP contribution in [0, 0.1) is 13.8 Å². The Morgan fingerprint density at radius 3 is 2.40 bits per heavy atom. The van der Waals surface area contributed by atoms with Crippen molar-refractivity contribution in [3.05, 3.63) is 40.4 Å². The fourth-order valence-electron chi connectivity index (χ4n) is 1.71. The summed E-state index contributed by atoms with van der Waals surface area (Å²) in [6.45, 7) is 4.79. The van der Waals surface area contributed by atoms with E-state index in [1.807, 2.05) is 13.8 Å². The van der Waals surface area contributed by atoms with Crippen LogP contribution in [-0.4, -0.2) is 19.9 Å². The standard InChI is InChI=1S/C13H17N3O2S2/c1-9-10(2)19-13(16-9)15-8-7-11-3-5-12(6-4-11)20(14,17)18/h3-6H,7-8H2,1-2H3,(H,15,16)(H2,14,17,18). The van der Waals surface area contributed by atoms with Crippen LogP contribution >= 0.6 is 11.3 Å². The number of primary sulfonamides is 1. The molecule has 20 heavy (non-hydrogen) atoms. The molecule has 0 unspecified atom stereocenters. The Bertz CT molecular complexity index is 671. The topological polar surface area (TPSA) is 85.1 Å². The molecule has 0 aliphatic carbocycles. The van der Waals surface area contributed by atoms with Gasteiger partial charge in [0.1, 0.15) is 0 Å². The SMILES string of the molecule is Cc1nc(NCCc2ccc(S(N)(=O)=O)cc2)sc1C. The van der Waals surface area contributed by atoms with E-state index in [-0.39, 0.29) is 4.90 Å². The fraction of sp³-hybridized carbons (Fsp3) is 0.308. The van der Waals surface area contributed by atoms with Gasteiger partial charge in [-0.15, -0.1) is 11.3 Å². The van der Waals surface area contributed by atoms with Gasteiger partial charge in [-0.05, 0) is 38.0 Å². The molecule has 0 fully saturated rings. The molecule has 1 heterocycles. The molecular weight excluding hydrogens is 294 g/mol. The highest BCUT2D eigenvalue weighted by atomic mass is 32.2. The van der Waals surface area contributed by atoms with Gasteiger partial charge in [0.25, 0.3) is 0 Å². The second kappa shape index (κ2) is 5.90. The molecule has 0 radical (unpaired) electrons. The molecule has 0 amide bonds. The fourth-order valence-corrected chi connectivity index (χ4v) is 3.06. The van der Waals surface area contributed by atoms with E-state index in [4.69, 9.17) is 5.14 Å². The van der Waals surface area contributed by atoms with Crippen molar-refractivity contribution in [2.75, 3.05) is 11.9 Å². The summed E-state index contributed by atoms with van der Waals surface area (Å²) in [6.07, 6.45) is 0.794. The Morgan fingerprint density at radius 2 is 1.90 bits per heavy atom. The van der Waals surface area contributed by atoms with E-state index >= 15 is 0 Å². The predicted octanol–water partition coefficient (Wildman–Crippen LogP) is 2.06. The molecule has 3 N–H and O–H groups in total. The highest BCUT2D eigenvalue weighted by Gasteiger charge is 2.07. The van der Waals surface area contributed by atoms with Gasteiger partial charge in [-0.1, -0.05) is 12.1 Å². The summed E-state index contributed by atoms with van der Waals surface area (Å²) in [4.78, 5) is 5.75. The average Bonchev–Trinajstić information content (AvgIpc) is 2.68. The van der Waals surface area contributed by atoms with E-state index in [0.717, 1.165) is 29.4 Å². The molecule has 1 aromatic carbocycles. The van der Waals surface area contributed by atoms with Crippen molar-refractivity contribution in [3.8, 4) is 0 Å². The number of benzene rings is 1. The Labute approximate surface area is 122 Å². The summed E-state index contributed by atoms with van der Waals surface area (Å²) in [5.74, 6) is 0. The van der Waals surface area contributed by atoms with Crippen LogP contribution in [0.15, 0.2) is 29.2 Å². The highest BCUT2D eigenvalue weighted by molar-refractivity contribution is 7.89. The molecule has 0 bridgehead atoms. The van der Waals surface area contributed by atoms with E-state index in [0.29, 0.717) is 0 Å². The molecule has 2 aromatic rings. The van der Waals surface area contributed by atoms with Gasteiger partial charge in [0, 0.05) is 11.4 Å². The van der Waals surface area contributed by atoms with Crippen LogP contribution in [0.4, 0.5) is 5.13 Å². The highest BCUT2D eigenvalue weighted by Crippen LogP contribution is 2.21. The van der Waals surface area contributed by atoms with E-state index in [1.54, 1.807) is 23.5 Å². The third-order valence-corrected chi connectivity index (χ3v) is 4.93. The van der Waals surface area contributed by atoms with Gasteiger partial charge >= 0.3 is 0 Å². The van der Waals surface area contributed by atoms with Gasteiger partial charge in [0.05, 0.1) is 10.6 Å². The number of sulfonamides is 1. The number of nitrogens with one attached hydrogen (secondary N) is 1. The number of nitrogens with two attached hydrogens (primary N) is 1. The Kier molecular flexibility index (Phi) is 4.42. The van der Waals surface area contributed by atoms with Gasteiger partial charge < -0.3 is 5.32 Å². The smallest absolute Gasteiger partial charge is 0.238 e. The number of hydrogen-bond donors (Lipinski definition) is 2. The Balaban J connectivity index is 1.91. The van der Waals surface area contributed by atoms with Gasteiger partial charge in [0.15, 0.2) is 5.13 Å². The third-order valence-electron chi connectivity index (χ3n) is 2.97. The minimum absolute atomic E-state index is 0.139. The van der Waals surface area contributed by atoms with E-state index in [2.05, 4.69) is 10.3 Å². The number of aromatic nitrogens is 1. The van der Waals surface area contributed by atoms with Crippen LogP contribution in [0.2, 0.25) is 0 Å². The van der Waals surface area contributed by atoms with Crippen molar-refractivity contribution in [2.45, 2.75) is 25.2 Å². The van der Waals surface area contributed by atoms with Crippen molar-refractivity contribution in [2.24, 2.45) is 5.14 Å². The molecule has 108 valence electrons. The maximum absolute atomic E-state index is 11.1. The first kappa shape index (κ1) is 15.0. The number of anilines is 1. The zero-order valence-electron chi connectivity index (χ0n) is 11.4. The molecule has 2 rings (SSSR count). The second-order valence-corrected chi connectivity index (χ2v) is 7.29. The lowest BCUT2D eigenvalue weighted by Gasteiger charge is -2.04. The molecule has 7 heteroatoms. The zero-order chi connectivity index (χ0) is 14.8. The van der Waals surface area contributed by atoms with Crippen LogP contribution in [-0.2, 0) is 16.4 Å². The average molecular weight is 311 g/mol. The maximum Gasteiger partial charge on any atom is 0.238 e. The minimum atomic E-state index is -3.61. The summed E-state index contributed by atoms with van der Waals surface area (Å²) in [6, 6.07) is 6.62. The van der Waals surface area contributed by atoms with E-state index in [9.17, 15) is 8.42 Å². The number of hydrogen-bond acceptors (Lipinski definition) is 5. The third kappa shape index (κ3) is 3.78. The lowest BCUT2D eigenvalue weighted by Crippen LogP contribution is -2.12. The molecule has 0 aliphatic rings. The van der Waals surface area contributed by atoms with Crippen molar-refractivity contribution in [3.63, 3.8) is 0 Å². The quantitative estimate of drug-likeness (QED) is 0.885. The molecule has 0 saturated carbocycles. The largest absolute Gasteiger partial charge is 0.361 e. The minimum Gasteiger partial charge on any atom is -0.361 e. The zero-order valence-corrected chi connectivity index (χ0v) is 13.0. The second-order valence-electron chi connectivity index (χ2n) is 4.53. The van der Waals surface area contributed by atoms with Crippen LogP contribution in [0.25, 0.3) is 0 Å². The van der Waals surface area contributed by atoms with Crippen LogP contribution < -0.4 is 10.5 Å². The van der Waals surface area contributed by atoms with E-state index in [1.165, 1.54) is 17.0 Å². The normalized spacial score (nSPS) is 11.6. The van der Waals surface area contributed by atoms with Crippen LogP contribution in [0.5, 0.6) is 0 Å². The van der Waals surface area contributed by atoms with E-state index < -0.39 is 10.0 Å². The van der Waals surface area contributed by atoms with Crippen LogP contribution in [0.1, 0.15) is 16.1 Å². The molecule has 0 aliphatic heterocycles. The number of thiazole rings is 1. The Morgan fingerprint density at radius 1 is 1.25 bits per heavy atom. The summed E-state index contributed by atoms with van der Waals surface area (Å²) in [5.41, 5.74) is 2.10. The molecule has 5 nitrogen and oxygen atoms in total. The number of rotatable bonds is 5. The summed E-state index contributed by atoms with van der Waals surface area (Å²) in [5, 5.41) is 9.23. The molecular formula is C13H17N3O2S2. The first-order valence-corrected chi connectivity index (χ1v) is 8.52. The van der Waals surface area contributed by atoms with Gasteiger partial charge in [-0.25, -0.2) is 18.5 Å². The lowest BCUT2D eigenvalue weighted by molar-refractivity contribution is 0.598. The molecule has 0 saturated heterocycles. The van der Waals surface area contributed by atoms with Gasteiger partial charge in [-0.2, -0.15) is 0 Å². The van der Waals surface area contributed by atoms with Crippen LogP contribution in [0.3, 0.4) is 0 Å². The van der Waals surface area contributed by atoms with Crippen molar-refractivity contribution in [1.29, 1.82) is 0 Å². The predicted molar refractivity (Wildman–Crippen MR) is 81.6 cm³/mol. The van der Waals surface area contributed by atoms with Gasteiger partial charge in [0.2, 0.25) is 10.0 Å². The summed E-state index contributed by atoms with van der Waals surface area (Å²) >= 11 is 1.64. The molecule has 0 atom stereocenters. The van der Waals surface area contributed by atoms with Gasteiger partial charge in [-0.3, -0.25) is 0 Å². The Hall–Kier alpha value is -1.44. The maximum atomic E-state index is 11.1. The number of aryl methyl sites for hydroxylation is 2. The summed E-state index contributed by atoms with van der Waals surface area (Å²) in [7, 11) is -3.61. The van der Waals surface area contributed by atoms with Crippen molar-refractivity contribution >= 4 is 26.5 Å². The number of nitrogens with zero attached hydrogens (tertiary/aromatic N) is 1. The van der Waals surface area contributed by atoms with Crippen molar-refractivity contribution < 1.29 is 8.42 Å². The molecule has 1 aromatic heterocycles. The lowest BCUT2D eigenvalue weighted by atomic mass is 10.1. The monoisotopic (exact) mass is 311 g/mol. The summed E-state index contributed by atoms with van der Waals surface area (Å²) < 4.78 is 22.3. The molecule has 0 spiro atoms. The first-order valence-electron chi connectivity index (χ1n) is 6.16. The van der Waals surface area contributed by atoms with Crippen molar-refractivity contribution in [1.82, 2.24) is 4.98 Å². The first-order chi connectivity index (χ1) is 9.36.